The fourth-order valence-electron chi connectivity index (χ4n) is 1.91. The molecule has 1 unspecified atom stereocenters. The molecule has 0 spiro atoms. The monoisotopic (exact) mass is 209 g/mol. The van der Waals surface area contributed by atoms with Gasteiger partial charge in [-0.3, -0.25) is 4.68 Å². The molecule has 0 aliphatic carbocycles. The first-order valence-electron chi connectivity index (χ1n) is 5.86. The summed E-state index contributed by atoms with van der Waals surface area (Å²) in [5, 5.41) is 7.67. The molecule has 1 aromatic heterocycles. The van der Waals surface area contributed by atoms with Gasteiger partial charge in [0.2, 0.25) is 0 Å². The van der Waals surface area contributed by atoms with Crippen LogP contribution in [0.4, 0.5) is 0 Å². The van der Waals surface area contributed by atoms with Crippen LogP contribution in [0.15, 0.2) is 6.20 Å². The van der Waals surface area contributed by atoms with Crippen LogP contribution < -0.4 is 5.32 Å². The van der Waals surface area contributed by atoms with Gasteiger partial charge in [-0.05, 0) is 20.4 Å². The van der Waals surface area contributed by atoms with Crippen LogP contribution in [0, 0.1) is 6.92 Å². The average molecular weight is 209 g/mol. The molecule has 3 heteroatoms. The lowest BCUT2D eigenvalue weighted by molar-refractivity contribution is 0.509. The first-order chi connectivity index (χ1) is 7.20. The maximum Gasteiger partial charge on any atom is 0.0540 e. The first-order valence-corrected chi connectivity index (χ1v) is 5.86. The molecule has 1 aromatic rings. The molecule has 0 radical (unpaired) electrons. The molecule has 15 heavy (non-hydrogen) atoms. The van der Waals surface area contributed by atoms with Gasteiger partial charge in [-0.1, -0.05) is 26.2 Å². The van der Waals surface area contributed by atoms with Gasteiger partial charge < -0.3 is 5.32 Å². The maximum absolute atomic E-state index is 4.29. The number of nitrogens with one attached hydrogen (secondary N) is 1. The summed E-state index contributed by atoms with van der Waals surface area (Å²) in [6.07, 6.45) is 7.08. The van der Waals surface area contributed by atoms with E-state index in [-0.39, 0.29) is 0 Å². The van der Waals surface area contributed by atoms with Crippen LogP contribution >= 0.6 is 0 Å². The SMILES string of the molecule is CCCCCC(NC)c1cnn(C)c1C. The van der Waals surface area contributed by atoms with Crippen LogP contribution in [-0.4, -0.2) is 16.8 Å². The van der Waals surface area contributed by atoms with Gasteiger partial charge in [0.15, 0.2) is 0 Å². The zero-order chi connectivity index (χ0) is 11.3. The molecule has 1 rings (SSSR count). The van der Waals surface area contributed by atoms with Crippen LogP contribution in [0.3, 0.4) is 0 Å². The van der Waals surface area contributed by atoms with Crippen molar-refractivity contribution in [2.75, 3.05) is 7.05 Å². The minimum atomic E-state index is 0.463. The Bertz CT molecular complexity index is 291. The third-order valence-corrected chi connectivity index (χ3v) is 3.09. The molecule has 0 saturated heterocycles. The molecule has 0 bridgehead atoms. The minimum absolute atomic E-state index is 0.463. The van der Waals surface area contributed by atoms with E-state index < -0.39 is 0 Å². The topological polar surface area (TPSA) is 29.9 Å². The summed E-state index contributed by atoms with van der Waals surface area (Å²) in [6, 6.07) is 0.463. The molecule has 0 amide bonds. The second kappa shape index (κ2) is 5.91. The molecule has 1 heterocycles. The van der Waals surface area contributed by atoms with E-state index in [1.54, 1.807) is 0 Å². The molecule has 1 N–H and O–H groups in total. The van der Waals surface area contributed by atoms with Gasteiger partial charge in [0.1, 0.15) is 0 Å². The summed E-state index contributed by atoms with van der Waals surface area (Å²) in [4.78, 5) is 0. The Hall–Kier alpha value is -0.830. The van der Waals surface area contributed by atoms with E-state index in [1.807, 2.05) is 25.0 Å². The number of unbranched alkanes of at least 4 members (excludes halogenated alkanes) is 2. The number of hydrogen-bond donors (Lipinski definition) is 1. The summed E-state index contributed by atoms with van der Waals surface area (Å²) >= 11 is 0. The van der Waals surface area contributed by atoms with Crippen molar-refractivity contribution in [1.29, 1.82) is 0 Å². The standard InChI is InChI=1S/C12H23N3/c1-5-6-7-8-12(13-3)11-9-14-15(4)10(11)2/h9,12-13H,5-8H2,1-4H3. The minimum Gasteiger partial charge on any atom is -0.313 e. The van der Waals surface area contributed by atoms with Crippen molar-refractivity contribution in [2.24, 2.45) is 7.05 Å². The second-order valence-corrected chi connectivity index (χ2v) is 4.15. The summed E-state index contributed by atoms with van der Waals surface area (Å²) in [6.45, 7) is 4.37. The molecular formula is C12H23N3. The average Bonchev–Trinajstić information content (AvgIpc) is 2.56. The largest absolute Gasteiger partial charge is 0.313 e. The quantitative estimate of drug-likeness (QED) is 0.730. The lowest BCUT2D eigenvalue weighted by Gasteiger charge is -2.15. The number of aryl methyl sites for hydroxylation is 1. The van der Waals surface area contributed by atoms with E-state index >= 15 is 0 Å². The number of rotatable bonds is 6. The third-order valence-electron chi connectivity index (χ3n) is 3.09. The Morgan fingerprint density at radius 1 is 1.47 bits per heavy atom. The molecule has 0 saturated carbocycles. The predicted octanol–water partition coefficient (Wildman–Crippen LogP) is 2.57. The van der Waals surface area contributed by atoms with Crippen LogP contribution in [0.2, 0.25) is 0 Å². The van der Waals surface area contributed by atoms with E-state index in [1.165, 1.54) is 36.9 Å². The van der Waals surface area contributed by atoms with Gasteiger partial charge in [0.25, 0.3) is 0 Å². The van der Waals surface area contributed by atoms with Crippen molar-refractivity contribution in [3.05, 3.63) is 17.5 Å². The predicted molar refractivity (Wildman–Crippen MR) is 63.9 cm³/mol. The van der Waals surface area contributed by atoms with Gasteiger partial charge in [-0.25, -0.2) is 0 Å². The Labute approximate surface area is 92.9 Å². The summed E-state index contributed by atoms with van der Waals surface area (Å²) < 4.78 is 1.94. The highest BCUT2D eigenvalue weighted by molar-refractivity contribution is 5.20. The van der Waals surface area contributed by atoms with Crippen molar-refractivity contribution in [2.45, 2.75) is 45.6 Å². The highest BCUT2D eigenvalue weighted by Gasteiger charge is 2.13. The molecule has 0 aromatic carbocycles. The Morgan fingerprint density at radius 2 is 2.20 bits per heavy atom. The number of hydrogen-bond acceptors (Lipinski definition) is 2. The van der Waals surface area contributed by atoms with Crippen molar-refractivity contribution in [3.63, 3.8) is 0 Å². The molecule has 0 aliphatic heterocycles. The summed E-state index contributed by atoms with van der Waals surface area (Å²) in [7, 11) is 4.03. The summed E-state index contributed by atoms with van der Waals surface area (Å²) in [5.74, 6) is 0. The number of aromatic nitrogens is 2. The molecule has 0 aliphatic rings. The molecule has 0 fully saturated rings. The Kier molecular flexibility index (Phi) is 4.82. The fourth-order valence-corrected chi connectivity index (χ4v) is 1.91. The van der Waals surface area contributed by atoms with E-state index in [9.17, 15) is 0 Å². The van der Waals surface area contributed by atoms with Gasteiger partial charge in [0, 0.05) is 24.3 Å². The van der Waals surface area contributed by atoms with Crippen LogP contribution in [0.25, 0.3) is 0 Å². The van der Waals surface area contributed by atoms with E-state index in [2.05, 4.69) is 24.3 Å². The normalized spacial score (nSPS) is 13.1. The highest BCUT2D eigenvalue weighted by Crippen LogP contribution is 2.21. The Morgan fingerprint density at radius 3 is 2.67 bits per heavy atom. The fraction of sp³-hybridized carbons (Fsp3) is 0.750. The van der Waals surface area contributed by atoms with Gasteiger partial charge >= 0.3 is 0 Å². The molecular weight excluding hydrogens is 186 g/mol. The van der Waals surface area contributed by atoms with Crippen LogP contribution in [0.1, 0.15) is 49.9 Å². The van der Waals surface area contributed by atoms with Gasteiger partial charge in [-0.15, -0.1) is 0 Å². The van der Waals surface area contributed by atoms with Gasteiger partial charge in [0.05, 0.1) is 6.20 Å². The van der Waals surface area contributed by atoms with Gasteiger partial charge in [-0.2, -0.15) is 5.10 Å². The first kappa shape index (κ1) is 12.2. The van der Waals surface area contributed by atoms with Crippen molar-refractivity contribution >= 4 is 0 Å². The van der Waals surface area contributed by atoms with E-state index in [0.717, 1.165) is 0 Å². The van der Waals surface area contributed by atoms with E-state index in [4.69, 9.17) is 0 Å². The molecule has 86 valence electrons. The third kappa shape index (κ3) is 3.06. The smallest absolute Gasteiger partial charge is 0.0540 e. The van der Waals surface area contributed by atoms with Crippen molar-refractivity contribution in [3.8, 4) is 0 Å². The lowest BCUT2D eigenvalue weighted by atomic mass is 10.0. The molecule has 3 nitrogen and oxygen atoms in total. The lowest BCUT2D eigenvalue weighted by Crippen LogP contribution is -2.17. The van der Waals surface area contributed by atoms with E-state index in [0.29, 0.717) is 6.04 Å². The zero-order valence-electron chi connectivity index (χ0n) is 10.4. The van der Waals surface area contributed by atoms with Crippen LogP contribution in [0.5, 0.6) is 0 Å². The van der Waals surface area contributed by atoms with Crippen LogP contribution in [-0.2, 0) is 7.05 Å². The zero-order valence-corrected chi connectivity index (χ0v) is 10.4. The van der Waals surface area contributed by atoms with Crippen molar-refractivity contribution in [1.82, 2.24) is 15.1 Å². The maximum atomic E-state index is 4.29. The second-order valence-electron chi connectivity index (χ2n) is 4.15. The van der Waals surface area contributed by atoms with Crippen molar-refractivity contribution < 1.29 is 0 Å². The summed E-state index contributed by atoms with van der Waals surface area (Å²) in [5.41, 5.74) is 2.61. The Balaban J connectivity index is 2.61. The number of nitrogens with zero attached hydrogens (tertiary/aromatic N) is 2. The molecule has 1 atom stereocenters. The highest BCUT2D eigenvalue weighted by atomic mass is 15.3.